The first-order valence-electron chi connectivity index (χ1n) is 14.8. The predicted octanol–water partition coefficient (Wildman–Crippen LogP) is 7.13. The van der Waals surface area contributed by atoms with E-state index in [4.69, 9.17) is 21.1 Å². The first kappa shape index (κ1) is 33.3. The summed E-state index contributed by atoms with van der Waals surface area (Å²) in [5, 5.41) is 15.8. The lowest BCUT2D eigenvalue weighted by Crippen LogP contribution is -2.29. The lowest BCUT2D eigenvalue weighted by molar-refractivity contribution is -0.118. The van der Waals surface area contributed by atoms with Crippen molar-refractivity contribution in [1.29, 1.82) is 0 Å². The van der Waals surface area contributed by atoms with E-state index in [1.54, 1.807) is 24.3 Å². The number of hydrogen-bond acceptors (Lipinski definition) is 10. The molecule has 6 rings (SSSR count). The van der Waals surface area contributed by atoms with E-state index in [1.165, 1.54) is 34.9 Å². The van der Waals surface area contributed by atoms with Gasteiger partial charge in [-0.05, 0) is 66.7 Å². The SMILES string of the molecule is O=C(CSc1nc2ccc(NC(=O)CSc3nnc(COc4ccccc4)n3-c3ccccc3)cc2s1)NCCOc1ccc(Cl)cc1. The Kier molecular flexibility index (Phi) is 11.5. The fourth-order valence-electron chi connectivity index (χ4n) is 4.43. The number of carbonyl (C=O) groups is 2. The van der Waals surface area contributed by atoms with E-state index in [9.17, 15) is 9.59 Å². The minimum absolute atomic E-state index is 0.108. The van der Waals surface area contributed by atoms with Crippen molar-refractivity contribution in [2.75, 3.05) is 30.0 Å². The molecule has 0 saturated carbocycles. The Bertz CT molecular complexity index is 1970. The summed E-state index contributed by atoms with van der Waals surface area (Å²) < 4.78 is 15.1. The van der Waals surface area contributed by atoms with Crippen molar-refractivity contribution in [2.45, 2.75) is 16.1 Å². The third-order valence-electron chi connectivity index (χ3n) is 6.64. The third kappa shape index (κ3) is 9.28. The van der Waals surface area contributed by atoms with Crippen LogP contribution in [0.25, 0.3) is 15.9 Å². The molecule has 0 aliphatic carbocycles. The summed E-state index contributed by atoms with van der Waals surface area (Å²) in [5.41, 5.74) is 2.34. The number of aromatic nitrogens is 4. The van der Waals surface area contributed by atoms with Gasteiger partial charge in [0.25, 0.3) is 0 Å². The molecule has 0 aliphatic rings. The minimum Gasteiger partial charge on any atom is -0.492 e. The van der Waals surface area contributed by atoms with Gasteiger partial charge in [0.2, 0.25) is 11.8 Å². The number of halogens is 1. The molecule has 0 bridgehead atoms. The van der Waals surface area contributed by atoms with Gasteiger partial charge in [-0.2, -0.15) is 0 Å². The van der Waals surface area contributed by atoms with Gasteiger partial charge >= 0.3 is 0 Å². The molecule has 0 unspecified atom stereocenters. The summed E-state index contributed by atoms with van der Waals surface area (Å²) in [6.45, 7) is 0.959. The molecule has 48 heavy (non-hydrogen) atoms. The van der Waals surface area contributed by atoms with Crippen LogP contribution in [0, 0.1) is 0 Å². The Morgan fingerprint density at radius 1 is 0.812 bits per heavy atom. The Morgan fingerprint density at radius 3 is 2.33 bits per heavy atom. The number of hydrogen-bond donors (Lipinski definition) is 2. The number of amides is 2. The Morgan fingerprint density at radius 2 is 1.54 bits per heavy atom. The van der Waals surface area contributed by atoms with Gasteiger partial charge in [0.15, 0.2) is 15.3 Å². The van der Waals surface area contributed by atoms with Crippen LogP contribution in [0.3, 0.4) is 0 Å². The summed E-state index contributed by atoms with van der Waals surface area (Å²) in [6.07, 6.45) is 0. The fourth-order valence-corrected chi connectivity index (χ4v) is 7.26. The molecule has 0 aliphatic heterocycles. The molecule has 2 amide bonds. The van der Waals surface area contributed by atoms with Crippen LogP contribution in [0.4, 0.5) is 5.69 Å². The zero-order valence-corrected chi connectivity index (χ0v) is 28.6. The summed E-state index contributed by atoms with van der Waals surface area (Å²) in [7, 11) is 0. The highest BCUT2D eigenvalue weighted by molar-refractivity contribution is 8.01. The number of anilines is 1. The van der Waals surface area contributed by atoms with Gasteiger partial charge < -0.3 is 20.1 Å². The first-order valence-corrected chi connectivity index (χ1v) is 18.0. The molecule has 0 saturated heterocycles. The molecule has 0 atom stereocenters. The van der Waals surface area contributed by atoms with Crippen molar-refractivity contribution in [1.82, 2.24) is 25.1 Å². The number of benzene rings is 4. The zero-order chi connectivity index (χ0) is 33.1. The second kappa shape index (κ2) is 16.5. The van der Waals surface area contributed by atoms with Crippen LogP contribution in [-0.2, 0) is 16.2 Å². The third-order valence-corrected chi connectivity index (χ3v) is 9.99. The number of fused-ring (bicyclic) bond motifs is 1. The first-order chi connectivity index (χ1) is 23.5. The molecular formula is C34H29ClN6O4S3. The summed E-state index contributed by atoms with van der Waals surface area (Å²) >= 11 is 10.0. The highest BCUT2D eigenvalue weighted by Gasteiger charge is 2.17. The van der Waals surface area contributed by atoms with Gasteiger partial charge in [0, 0.05) is 16.4 Å². The number of thioether (sulfide) groups is 2. The molecule has 2 aromatic heterocycles. The Balaban J connectivity index is 0.995. The number of rotatable bonds is 15. The molecule has 10 nitrogen and oxygen atoms in total. The molecule has 2 heterocycles. The Hall–Kier alpha value is -4.56. The van der Waals surface area contributed by atoms with Crippen molar-refractivity contribution in [2.24, 2.45) is 0 Å². The van der Waals surface area contributed by atoms with E-state index >= 15 is 0 Å². The quantitative estimate of drug-likeness (QED) is 0.0845. The monoisotopic (exact) mass is 716 g/mol. The van der Waals surface area contributed by atoms with Crippen LogP contribution in [0.1, 0.15) is 5.82 Å². The zero-order valence-electron chi connectivity index (χ0n) is 25.4. The van der Waals surface area contributed by atoms with Crippen LogP contribution < -0.4 is 20.1 Å². The van der Waals surface area contributed by atoms with Crippen LogP contribution in [0.2, 0.25) is 5.02 Å². The van der Waals surface area contributed by atoms with E-state index < -0.39 is 0 Å². The molecule has 0 spiro atoms. The number of ether oxygens (including phenoxy) is 2. The van der Waals surface area contributed by atoms with Gasteiger partial charge in [-0.25, -0.2) is 4.98 Å². The summed E-state index contributed by atoms with van der Waals surface area (Å²) in [4.78, 5) is 29.9. The number of nitrogens with one attached hydrogen (secondary N) is 2. The van der Waals surface area contributed by atoms with Crippen LogP contribution in [0.15, 0.2) is 113 Å². The summed E-state index contributed by atoms with van der Waals surface area (Å²) in [5.74, 6) is 2.12. The average molecular weight is 717 g/mol. The number of nitrogens with zero attached hydrogens (tertiary/aromatic N) is 4. The van der Waals surface area contributed by atoms with E-state index in [2.05, 4.69) is 25.8 Å². The van der Waals surface area contributed by atoms with E-state index in [-0.39, 0.29) is 29.9 Å². The molecular weight excluding hydrogens is 688 g/mol. The van der Waals surface area contributed by atoms with Crippen molar-refractivity contribution in [3.63, 3.8) is 0 Å². The van der Waals surface area contributed by atoms with E-state index in [0.717, 1.165) is 26.0 Å². The molecule has 14 heteroatoms. The molecule has 0 fully saturated rings. The van der Waals surface area contributed by atoms with Crippen LogP contribution >= 0.6 is 46.5 Å². The smallest absolute Gasteiger partial charge is 0.234 e. The number of thiazole rings is 1. The van der Waals surface area contributed by atoms with Crippen LogP contribution in [0.5, 0.6) is 11.5 Å². The predicted molar refractivity (Wildman–Crippen MR) is 192 cm³/mol. The molecule has 4 aromatic carbocycles. The lowest BCUT2D eigenvalue weighted by Gasteiger charge is -2.11. The van der Waals surface area contributed by atoms with Crippen molar-refractivity contribution < 1.29 is 19.1 Å². The highest BCUT2D eigenvalue weighted by Crippen LogP contribution is 2.31. The topological polar surface area (TPSA) is 120 Å². The maximum atomic E-state index is 13.0. The molecule has 0 radical (unpaired) electrons. The second-order valence-electron chi connectivity index (χ2n) is 10.1. The Labute approximate surface area is 294 Å². The average Bonchev–Trinajstić information content (AvgIpc) is 3.72. The van der Waals surface area contributed by atoms with Crippen molar-refractivity contribution in [3.05, 3.63) is 114 Å². The number of carbonyl (C=O) groups excluding carboxylic acids is 2. The van der Waals surface area contributed by atoms with Gasteiger partial charge in [-0.1, -0.05) is 71.5 Å². The standard InChI is InChI=1S/C34H29ClN6O4S3/c35-23-11-14-27(15-12-23)44-18-17-36-31(42)21-47-34-38-28-16-13-24(19-29(28)48-34)37-32(43)22-46-33-40-39-30(20-45-26-9-5-2-6-10-26)41(33)25-7-3-1-4-8-25/h1-16,19H,17-18,20-22H2,(H,36,42)(H,37,43). The van der Waals surface area contributed by atoms with Crippen LogP contribution in [-0.4, -0.2) is 56.2 Å². The highest BCUT2D eigenvalue weighted by atomic mass is 35.5. The van der Waals surface area contributed by atoms with Gasteiger partial charge in [0.1, 0.15) is 24.7 Å². The van der Waals surface area contributed by atoms with Gasteiger partial charge in [0.05, 0.1) is 28.3 Å². The second-order valence-corrected chi connectivity index (χ2v) is 13.7. The van der Waals surface area contributed by atoms with E-state index in [0.29, 0.717) is 40.6 Å². The van der Waals surface area contributed by atoms with Gasteiger partial charge in [-0.3, -0.25) is 14.2 Å². The largest absolute Gasteiger partial charge is 0.492 e. The van der Waals surface area contributed by atoms with E-state index in [1.807, 2.05) is 83.4 Å². The lowest BCUT2D eigenvalue weighted by atomic mass is 10.3. The maximum Gasteiger partial charge on any atom is 0.234 e. The number of para-hydroxylation sites is 2. The molecule has 6 aromatic rings. The molecule has 2 N–H and O–H groups in total. The minimum atomic E-state index is -0.181. The maximum absolute atomic E-state index is 13.0. The summed E-state index contributed by atoms with van der Waals surface area (Å²) in [6, 6.07) is 31.9. The molecule has 244 valence electrons. The normalized spacial score (nSPS) is 10.9. The van der Waals surface area contributed by atoms with Crippen molar-refractivity contribution >= 4 is 74.2 Å². The fraction of sp³-hybridized carbons (Fsp3) is 0.147. The van der Waals surface area contributed by atoms with Gasteiger partial charge in [-0.15, -0.1) is 21.5 Å². The van der Waals surface area contributed by atoms with Crippen molar-refractivity contribution in [3.8, 4) is 17.2 Å².